The fraction of sp³-hybridized carbons (Fsp3) is 0.393. The molecule has 0 saturated carbocycles. The highest BCUT2D eigenvalue weighted by Crippen LogP contribution is 2.29. The van der Waals surface area contributed by atoms with E-state index >= 15 is 0 Å². The van der Waals surface area contributed by atoms with Crippen LogP contribution in [0.5, 0.6) is 0 Å². The number of amides is 3. The van der Waals surface area contributed by atoms with Crippen LogP contribution in [0.2, 0.25) is 5.02 Å². The zero-order chi connectivity index (χ0) is 26.3. The third-order valence-electron chi connectivity index (χ3n) is 5.82. The van der Waals surface area contributed by atoms with E-state index in [0.717, 1.165) is 30.5 Å². The maximum Gasteiger partial charge on any atom is 0.322 e. The highest BCUT2D eigenvalue weighted by molar-refractivity contribution is 6.32. The standard InChI is InChI=1S/C28H36ClN5O2/c1-6-8-16-33(27(36)30-21-13-11-12-20(7-2)17-21)19-26(35)31-25-18-24(28(3,4)5)32-34(25)23-15-10-9-14-22(23)29/h9-15,17-18H,6-8,16,19H2,1-5H3,(H,30,36)(H,31,35). The number of urea groups is 1. The summed E-state index contributed by atoms with van der Waals surface area (Å²) in [5.74, 6) is 0.196. The van der Waals surface area contributed by atoms with Gasteiger partial charge in [0.15, 0.2) is 0 Å². The van der Waals surface area contributed by atoms with Gasteiger partial charge in [-0.1, -0.05) is 76.9 Å². The number of para-hydroxylation sites is 1. The monoisotopic (exact) mass is 509 g/mol. The topological polar surface area (TPSA) is 79.3 Å². The molecule has 2 N–H and O–H groups in total. The summed E-state index contributed by atoms with van der Waals surface area (Å²) >= 11 is 6.44. The molecule has 1 aromatic heterocycles. The van der Waals surface area contributed by atoms with Gasteiger partial charge in [-0.3, -0.25) is 4.79 Å². The molecule has 0 spiro atoms. The molecule has 0 atom stereocenters. The average molecular weight is 510 g/mol. The SMILES string of the molecule is CCCCN(CC(=O)Nc1cc(C(C)(C)C)nn1-c1ccccc1Cl)C(=O)Nc1cccc(CC)c1. The van der Waals surface area contributed by atoms with Gasteiger partial charge in [-0.05, 0) is 42.7 Å². The van der Waals surface area contributed by atoms with Crippen molar-refractivity contribution < 1.29 is 9.59 Å². The van der Waals surface area contributed by atoms with Gasteiger partial charge in [0, 0.05) is 23.7 Å². The number of rotatable bonds is 9. The van der Waals surface area contributed by atoms with Crippen LogP contribution in [-0.4, -0.2) is 39.7 Å². The van der Waals surface area contributed by atoms with Crippen LogP contribution >= 0.6 is 11.6 Å². The minimum atomic E-state index is -0.308. The third kappa shape index (κ3) is 7.10. The van der Waals surface area contributed by atoms with E-state index in [0.29, 0.717) is 28.8 Å². The first-order valence-electron chi connectivity index (χ1n) is 12.4. The van der Waals surface area contributed by atoms with E-state index in [4.69, 9.17) is 16.7 Å². The van der Waals surface area contributed by atoms with Crippen molar-refractivity contribution in [1.29, 1.82) is 0 Å². The smallest absolute Gasteiger partial charge is 0.315 e. The Labute approximate surface area is 218 Å². The lowest BCUT2D eigenvalue weighted by Crippen LogP contribution is -2.41. The molecule has 0 aliphatic rings. The second kappa shape index (κ2) is 12.1. The van der Waals surface area contributed by atoms with Crippen molar-refractivity contribution in [2.24, 2.45) is 0 Å². The zero-order valence-electron chi connectivity index (χ0n) is 21.8. The Morgan fingerprint density at radius 2 is 1.78 bits per heavy atom. The van der Waals surface area contributed by atoms with Gasteiger partial charge in [-0.2, -0.15) is 5.10 Å². The van der Waals surface area contributed by atoms with Crippen LogP contribution in [0.25, 0.3) is 5.69 Å². The van der Waals surface area contributed by atoms with Crippen LogP contribution in [0.4, 0.5) is 16.3 Å². The molecule has 0 aliphatic heterocycles. The molecule has 3 amide bonds. The van der Waals surface area contributed by atoms with Gasteiger partial charge in [0.1, 0.15) is 12.4 Å². The lowest BCUT2D eigenvalue weighted by atomic mass is 9.92. The van der Waals surface area contributed by atoms with E-state index in [1.54, 1.807) is 15.6 Å². The zero-order valence-corrected chi connectivity index (χ0v) is 22.5. The number of nitrogens with zero attached hydrogens (tertiary/aromatic N) is 3. The van der Waals surface area contributed by atoms with Crippen molar-refractivity contribution in [3.05, 3.63) is 70.9 Å². The fourth-order valence-corrected chi connectivity index (χ4v) is 3.89. The van der Waals surface area contributed by atoms with E-state index < -0.39 is 0 Å². The predicted octanol–water partition coefficient (Wildman–Crippen LogP) is 6.66. The van der Waals surface area contributed by atoms with Crippen LogP contribution < -0.4 is 10.6 Å². The third-order valence-corrected chi connectivity index (χ3v) is 6.14. The van der Waals surface area contributed by atoms with Crippen molar-refractivity contribution in [1.82, 2.24) is 14.7 Å². The van der Waals surface area contributed by atoms with Gasteiger partial charge < -0.3 is 15.5 Å². The predicted molar refractivity (Wildman–Crippen MR) is 147 cm³/mol. The quantitative estimate of drug-likeness (QED) is 0.338. The summed E-state index contributed by atoms with van der Waals surface area (Å²) in [4.78, 5) is 27.8. The van der Waals surface area contributed by atoms with Crippen molar-refractivity contribution in [2.75, 3.05) is 23.7 Å². The van der Waals surface area contributed by atoms with Gasteiger partial charge in [-0.25, -0.2) is 9.48 Å². The molecular weight excluding hydrogens is 474 g/mol. The number of anilines is 2. The van der Waals surface area contributed by atoms with Crippen LogP contribution in [0.3, 0.4) is 0 Å². The van der Waals surface area contributed by atoms with Crippen molar-refractivity contribution >= 4 is 35.0 Å². The molecule has 1 heterocycles. The van der Waals surface area contributed by atoms with E-state index in [9.17, 15) is 9.59 Å². The molecule has 3 rings (SSSR count). The van der Waals surface area contributed by atoms with E-state index in [1.807, 2.05) is 48.5 Å². The van der Waals surface area contributed by atoms with Gasteiger partial charge >= 0.3 is 6.03 Å². The molecular formula is C28H36ClN5O2. The summed E-state index contributed by atoms with van der Waals surface area (Å²) in [6.07, 6.45) is 2.58. The second-order valence-electron chi connectivity index (χ2n) is 9.84. The van der Waals surface area contributed by atoms with Gasteiger partial charge in [0.2, 0.25) is 5.91 Å². The molecule has 0 aliphatic carbocycles. The lowest BCUT2D eigenvalue weighted by Gasteiger charge is -2.23. The second-order valence-corrected chi connectivity index (χ2v) is 10.2. The molecule has 0 fully saturated rings. The molecule has 7 nitrogen and oxygen atoms in total. The summed E-state index contributed by atoms with van der Waals surface area (Å²) < 4.78 is 1.65. The number of hydrogen-bond donors (Lipinski definition) is 2. The summed E-state index contributed by atoms with van der Waals surface area (Å²) in [6, 6.07) is 16.6. The van der Waals surface area contributed by atoms with Crippen LogP contribution in [-0.2, 0) is 16.6 Å². The van der Waals surface area contributed by atoms with Gasteiger partial charge in [0.25, 0.3) is 0 Å². The minimum absolute atomic E-state index is 0.0855. The average Bonchev–Trinajstić information content (AvgIpc) is 3.26. The first-order chi connectivity index (χ1) is 17.1. The first-order valence-corrected chi connectivity index (χ1v) is 12.8. The Morgan fingerprint density at radius 3 is 2.44 bits per heavy atom. The Balaban J connectivity index is 1.81. The number of unbranched alkanes of at least 4 members (excludes halogenated alkanes) is 1. The normalized spacial score (nSPS) is 11.3. The molecule has 0 bridgehead atoms. The molecule has 0 radical (unpaired) electrons. The van der Waals surface area contributed by atoms with Crippen molar-refractivity contribution in [3.63, 3.8) is 0 Å². The molecule has 8 heteroatoms. The highest BCUT2D eigenvalue weighted by Gasteiger charge is 2.23. The summed E-state index contributed by atoms with van der Waals surface area (Å²) in [5.41, 5.74) is 3.10. The number of aryl methyl sites for hydroxylation is 1. The van der Waals surface area contributed by atoms with Crippen LogP contribution in [0.15, 0.2) is 54.6 Å². The molecule has 0 unspecified atom stereocenters. The summed E-state index contributed by atoms with van der Waals surface area (Å²) in [5, 5.41) is 11.1. The number of hydrogen-bond acceptors (Lipinski definition) is 3. The number of carbonyl (C=O) groups is 2. The first kappa shape index (κ1) is 27.3. The number of benzene rings is 2. The molecule has 3 aromatic rings. The highest BCUT2D eigenvalue weighted by atomic mass is 35.5. The maximum atomic E-state index is 13.2. The van der Waals surface area contributed by atoms with Gasteiger partial charge in [-0.15, -0.1) is 0 Å². The van der Waals surface area contributed by atoms with Gasteiger partial charge in [0.05, 0.1) is 16.4 Å². The number of aromatic nitrogens is 2. The van der Waals surface area contributed by atoms with E-state index in [2.05, 4.69) is 45.3 Å². The maximum absolute atomic E-state index is 13.2. The lowest BCUT2D eigenvalue weighted by molar-refractivity contribution is -0.116. The largest absolute Gasteiger partial charge is 0.322 e. The molecule has 0 saturated heterocycles. The summed E-state index contributed by atoms with van der Waals surface area (Å²) in [7, 11) is 0. The van der Waals surface area contributed by atoms with Crippen molar-refractivity contribution in [3.8, 4) is 5.69 Å². The number of carbonyl (C=O) groups excluding carboxylic acids is 2. The fourth-order valence-electron chi connectivity index (χ4n) is 3.67. The number of nitrogens with one attached hydrogen (secondary N) is 2. The number of halogens is 1. The Bertz CT molecular complexity index is 1200. The summed E-state index contributed by atoms with van der Waals surface area (Å²) in [6.45, 7) is 10.7. The Hall–Kier alpha value is -3.32. The van der Waals surface area contributed by atoms with Crippen LogP contribution in [0, 0.1) is 0 Å². The van der Waals surface area contributed by atoms with Crippen molar-refractivity contribution in [2.45, 2.75) is 59.3 Å². The molecule has 192 valence electrons. The Morgan fingerprint density at radius 1 is 1.03 bits per heavy atom. The molecule has 2 aromatic carbocycles. The Kier molecular flexibility index (Phi) is 9.15. The molecule has 36 heavy (non-hydrogen) atoms. The van der Waals surface area contributed by atoms with E-state index in [-0.39, 0.29) is 23.9 Å². The van der Waals surface area contributed by atoms with E-state index in [1.165, 1.54) is 0 Å². The minimum Gasteiger partial charge on any atom is -0.315 e. The van der Waals surface area contributed by atoms with Crippen LogP contribution in [0.1, 0.15) is 58.7 Å².